The zero-order valence-electron chi connectivity index (χ0n) is 12.6. The molecule has 19 heavy (non-hydrogen) atoms. The first-order chi connectivity index (χ1) is 8.77. The fraction of sp³-hybridized carbons (Fsp3) is 0.867. The first-order valence-corrected chi connectivity index (χ1v) is 7.36. The lowest BCUT2D eigenvalue weighted by atomic mass is 9.66. The summed E-state index contributed by atoms with van der Waals surface area (Å²) in [5, 5.41) is 2.85. The van der Waals surface area contributed by atoms with Gasteiger partial charge in [-0.15, -0.1) is 0 Å². The van der Waals surface area contributed by atoms with Gasteiger partial charge < -0.3 is 10.2 Å². The molecule has 1 aliphatic carbocycles. The Hall–Kier alpha value is -1.06. The molecule has 1 saturated heterocycles. The number of carbonyl (C=O) groups is 2. The van der Waals surface area contributed by atoms with Crippen molar-refractivity contribution in [1.82, 2.24) is 10.2 Å². The Balaban J connectivity index is 2.11. The molecule has 0 aromatic carbocycles. The Morgan fingerprint density at radius 1 is 1.32 bits per heavy atom. The molecule has 0 bridgehead atoms. The lowest BCUT2D eigenvalue weighted by molar-refractivity contribution is -0.150. The van der Waals surface area contributed by atoms with E-state index >= 15 is 0 Å². The molecule has 0 aromatic heterocycles. The van der Waals surface area contributed by atoms with Crippen molar-refractivity contribution in [3.8, 4) is 0 Å². The summed E-state index contributed by atoms with van der Waals surface area (Å²) in [5.41, 5.74) is 0.0418. The van der Waals surface area contributed by atoms with E-state index in [9.17, 15) is 9.59 Å². The third kappa shape index (κ3) is 2.77. The largest absolute Gasteiger partial charge is 0.342 e. The molecule has 2 amide bonds. The van der Waals surface area contributed by atoms with Crippen molar-refractivity contribution in [3.05, 3.63) is 0 Å². The van der Waals surface area contributed by atoms with Crippen LogP contribution in [0.1, 0.15) is 53.4 Å². The van der Waals surface area contributed by atoms with Crippen LogP contribution >= 0.6 is 0 Å². The highest BCUT2D eigenvalue weighted by Gasteiger charge is 2.44. The standard InChI is InChI=1S/C15H26N2O2/c1-5-15(7-6-8-15)10-17-9-11(18)16-12(13(17)19)14(2,3)4/h12H,5-10H2,1-4H3,(H,16,18). The minimum absolute atomic E-state index is 0.0231. The number of carbonyl (C=O) groups excluding carboxylic acids is 2. The van der Waals surface area contributed by atoms with Crippen LogP contribution < -0.4 is 5.32 Å². The summed E-state index contributed by atoms with van der Waals surface area (Å²) < 4.78 is 0. The minimum atomic E-state index is -0.386. The predicted molar refractivity (Wildman–Crippen MR) is 74.5 cm³/mol. The smallest absolute Gasteiger partial charge is 0.246 e. The molecule has 1 N–H and O–H groups in total. The average molecular weight is 266 g/mol. The molecule has 2 rings (SSSR count). The van der Waals surface area contributed by atoms with Gasteiger partial charge in [0.1, 0.15) is 6.04 Å². The molecule has 4 heteroatoms. The van der Waals surface area contributed by atoms with Gasteiger partial charge in [-0.3, -0.25) is 9.59 Å². The molecule has 0 radical (unpaired) electrons. The van der Waals surface area contributed by atoms with Gasteiger partial charge in [0.05, 0.1) is 6.54 Å². The van der Waals surface area contributed by atoms with Gasteiger partial charge in [0.15, 0.2) is 0 Å². The lowest BCUT2D eigenvalue weighted by Crippen LogP contribution is -2.63. The second-order valence-corrected chi connectivity index (χ2v) is 7.27. The Morgan fingerprint density at radius 3 is 2.37 bits per heavy atom. The lowest BCUT2D eigenvalue weighted by Gasteiger charge is -2.47. The third-order valence-electron chi connectivity index (χ3n) is 4.75. The van der Waals surface area contributed by atoms with E-state index in [1.54, 1.807) is 4.90 Å². The van der Waals surface area contributed by atoms with Crippen molar-refractivity contribution in [2.75, 3.05) is 13.1 Å². The van der Waals surface area contributed by atoms with E-state index < -0.39 is 0 Å². The first kappa shape index (κ1) is 14.4. The van der Waals surface area contributed by atoms with Gasteiger partial charge in [-0.2, -0.15) is 0 Å². The molecular formula is C15H26N2O2. The summed E-state index contributed by atoms with van der Waals surface area (Å²) in [6.07, 6.45) is 4.73. The van der Waals surface area contributed by atoms with Gasteiger partial charge in [0.25, 0.3) is 0 Å². The highest BCUT2D eigenvalue weighted by molar-refractivity contribution is 5.95. The molecule has 1 heterocycles. The van der Waals surface area contributed by atoms with Crippen molar-refractivity contribution in [3.63, 3.8) is 0 Å². The number of nitrogens with zero attached hydrogens (tertiary/aromatic N) is 1. The molecular weight excluding hydrogens is 240 g/mol. The van der Waals surface area contributed by atoms with Gasteiger partial charge in [-0.25, -0.2) is 0 Å². The molecule has 4 nitrogen and oxygen atoms in total. The van der Waals surface area contributed by atoms with Gasteiger partial charge in [0.2, 0.25) is 11.8 Å². The zero-order valence-corrected chi connectivity index (χ0v) is 12.6. The van der Waals surface area contributed by atoms with Gasteiger partial charge in [0, 0.05) is 6.54 Å². The van der Waals surface area contributed by atoms with E-state index in [2.05, 4.69) is 12.2 Å². The molecule has 1 atom stereocenters. The molecule has 1 saturated carbocycles. The van der Waals surface area contributed by atoms with Crippen molar-refractivity contribution in [2.45, 2.75) is 59.4 Å². The summed E-state index contributed by atoms with van der Waals surface area (Å²) >= 11 is 0. The van der Waals surface area contributed by atoms with Gasteiger partial charge >= 0.3 is 0 Å². The van der Waals surface area contributed by atoms with Crippen molar-refractivity contribution in [1.29, 1.82) is 0 Å². The Labute approximate surface area is 115 Å². The average Bonchev–Trinajstić information content (AvgIpc) is 2.26. The SMILES string of the molecule is CCC1(CN2CC(=O)NC(C(C)(C)C)C2=O)CCC1. The van der Waals surface area contributed by atoms with Gasteiger partial charge in [-0.05, 0) is 30.1 Å². The topological polar surface area (TPSA) is 49.4 Å². The van der Waals surface area contributed by atoms with E-state index in [0.29, 0.717) is 0 Å². The van der Waals surface area contributed by atoms with E-state index in [4.69, 9.17) is 0 Å². The van der Waals surface area contributed by atoms with Crippen LogP contribution in [-0.4, -0.2) is 35.8 Å². The number of rotatable bonds is 3. The maximum atomic E-state index is 12.6. The quantitative estimate of drug-likeness (QED) is 0.848. The summed E-state index contributed by atoms with van der Waals surface area (Å²) in [5.74, 6) is 0.0666. The molecule has 2 fully saturated rings. The van der Waals surface area contributed by atoms with Crippen LogP contribution in [0.5, 0.6) is 0 Å². The Morgan fingerprint density at radius 2 is 1.95 bits per heavy atom. The molecule has 1 unspecified atom stereocenters. The minimum Gasteiger partial charge on any atom is -0.342 e. The number of nitrogens with one attached hydrogen (secondary N) is 1. The summed E-state index contributed by atoms with van der Waals surface area (Å²) in [4.78, 5) is 26.2. The van der Waals surface area contributed by atoms with E-state index in [1.807, 2.05) is 20.8 Å². The van der Waals surface area contributed by atoms with Gasteiger partial charge in [-0.1, -0.05) is 34.1 Å². The summed E-state index contributed by atoms with van der Waals surface area (Å²) in [7, 11) is 0. The van der Waals surface area contributed by atoms with Crippen LogP contribution in [0.2, 0.25) is 0 Å². The first-order valence-electron chi connectivity index (χ1n) is 7.36. The fourth-order valence-electron chi connectivity index (χ4n) is 3.13. The Bertz CT molecular complexity index is 375. The van der Waals surface area contributed by atoms with Crippen LogP contribution in [0.15, 0.2) is 0 Å². The summed E-state index contributed by atoms with van der Waals surface area (Å²) in [6, 6.07) is -0.386. The van der Waals surface area contributed by atoms with Crippen LogP contribution in [0.4, 0.5) is 0 Å². The van der Waals surface area contributed by atoms with Crippen molar-refractivity contribution >= 4 is 11.8 Å². The van der Waals surface area contributed by atoms with Crippen molar-refractivity contribution in [2.24, 2.45) is 10.8 Å². The second kappa shape index (κ2) is 4.80. The number of piperazine rings is 1. The summed E-state index contributed by atoms with van der Waals surface area (Å²) in [6.45, 7) is 9.17. The normalized spacial score (nSPS) is 26.9. The Kier molecular flexibility index (Phi) is 3.63. The van der Waals surface area contributed by atoms with Crippen LogP contribution in [0, 0.1) is 10.8 Å². The van der Waals surface area contributed by atoms with Crippen LogP contribution in [0.25, 0.3) is 0 Å². The second-order valence-electron chi connectivity index (χ2n) is 7.27. The van der Waals surface area contributed by atoms with Crippen LogP contribution in [-0.2, 0) is 9.59 Å². The third-order valence-corrected chi connectivity index (χ3v) is 4.75. The molecule has 1 aliphatic heterocycles. The van der Waals surface area contributed by atoms with E-state index in [0.717, 1.165) is 13.0 Å². The fourth-order valence-corrected chi connectivity index (χ4v) is 3.13. The molecule has 0 aromatic rings. The highest BCUT2D eigenvalue weighted by atomic mass is 16.2. The molecule has 2 aliphatic rings. The van der Waals surface area contributed by atoms with Crippen LogP contribution in [0.3, 0.4) is 0 Å². The maximum Gasteiger partial charge on any atom is 0.246 e. The highest BCUT2D eigenvalue weighted by Crippen LogP contribution is 2.44. The predicted octanol–water partition coefficient (Wildman–Crippen LogP) is 1.94. The van der Waals surface area contributed by atoms with Crippen molar-refractivity contribution < 1.29 is 9.59 Å². The molecule has 0 spiro atoms. The number of hydrogen-bond acceptors (Lipinski definition) is 2. The number of amides is 2. The molecule has 108 valence electrons. The van der Waals surface area contributed by atoms with E-state index in [-0.39, 0.29) is 35.2 Å². The maximum absolute atomic E-state index is 12.6. The zero-order chi connectivity index (χ0) is 14.3. The monoisotopic (exact) mass is 266 g/mol. The van der Waals surface area contributed by atoms with E-state index in [1.165, 1.54) is 19.3 Å². The number of hydrogen-bond donors (Lipinski definition) is 1.